The highest BCUT2D eigenvalue weighted by molar-refractivity contribution is 7.79. The second kappa shape index (κ2) is 1.87. The average molecular weight is 122 g/mol. The van der Waals surface area contributed by atoms with Gasteiger partial charge in [0.15, 0.2) is 11.1 Å². The van der Waals surface area contributed by atoms with Crippen LogP contribution in [0.15, 0.2) is 0 Å². The van der Waals surface area contributed by atoms with Crippen LogP contribution in [0, 0.1) is 0 Å². The van der Waals surface area contributed by atoms with E-state index in [1.54, 1.807) is 0 Å². The van der Waals surface area contributed by atoms with Gasteiger partial charge in [0.25, 0.3) is 0 Å². The molecule has 1 aliphatic rings. The molecule has 4 nitrogen and oxygen atoms in total. The van der Waals surface area contributed by atoms with Crippen LogP contribution >= 0.6 is 0 Å². The first kappa shape index (κ1) is 5.17. The van der Waals surface area contributed by atoms with Crippen molar-refractivity contribution in [1.29, 1.82) is 0 Å². The molecule has 0 amide bonds. The zero-order valence-electron chi connectivity index (χ0n) is 3.55. The molecule has 2 unspecified atom stereocenters. The Hall–Kier alpha value is 0.0300. The molecule has 1 aliphatic heterocycles. The quantitative estimate of drug-likeness (QED) is 0.376. The molecule has 0 aliphatic carbocycles. The maximum atomic E-state index is 9.99. The monoisotopic (exact) mass is 122 g/mol. The van der Waals surface area contributed by atoms with Crippen LogP contribution in [0.2, 0.25) is 0 Å². The van der Waals surface area contributed by atoms with Gasteiger partial charge in [-0.15, -0.1) is 0 Å². The number of hydrazine groups is 1. The highest BCUT2D eigenvalue weighted by atomic mass is 32.2. The summed E-state index contributed by atoms with van der Waals surface area (Å²) < 4.78 is 18.2. The summed E-state index contributed by atoms with van der Waals surface area (Å²) in [7, 11) is 0. The second-order valence-corrected chi connectivity index (χ2v) is 2.41. The van der Waals surface area contributed by atoms with Gasteiger partial charge in [0.05, 0.1) is 0 Å². The molecule has 0 radical (unpaired) electrons. The SMILES string of the molecule is O=S(O)C1CNN1. The van der Waals surface area contributed by atoms with Gasteiger partial charge >= 0.3 is 0 Å². The van der Waals surface area contributed by atoms with Gasteiger partial charge in [-0.25, -0.2) is 9.63 Å². The largest absolute Gasteiger partial charge is 0.305 e. The van der Waals surface area contributed by atoms with Crippen molar-refractivity contribution in [3.8, 4) is 0 Å². The minimum Gasteiger partial charge on any atom is -0.305 e. The van der Waals surface area contributed by atoms with Crippen molar-refractivity contribution in [3.63, 3.8) is 0 Å². The minimum absolute atomic E-state index is 0.250. The van der Waals surface area contributed by atoms with E-state index in [1.165, 1.54) is 0 Å². The van der Waals surface area contributed by atoms with E-state index in [2.05, 4.69) is 10.9 Å². The summed E-state index contributed by atoms with van der Waals surface area (Å²) in [5, 5.41) is -0.250. The van der Waals surface area contributed by atoms with E-state index in [1.807, 2.05) is 0 Å². The third-order valence-electron chi connectivity index (χ3n) is 0.794. The Balaban J connectivity index is 2.27. The lowest BCUT2D eigenvalue weighted by atomic mass is 10.6. The summed E-state index contributed by atoms with van der Waals surface area (Å²) in [6, 6.07) is 0. The summed E-state index contributed by atoms with van der Waals surface area (Å²) in [5.41, 5.74) is 5.18. The Morgan fingerprint density at radius 3 is 2.43 bits per heavy atom. The molecule has 7 heavy (non-hydrogen) atoms. The lowest BCUT2D eigenvalue weighted by Gasteiger charge is -2.24. The molecule has 0 aromatic heterocycles. The van der Waals surface area contributed by atoms with Crippen molar-refractivity contribution in [2.45, 2.75) is 5.37 Å². The Morgan fingerprint density at radius 2 is 2.43 bits per heavy atom. The summed E-state index contributed by atoms with van der Waals surface area (Å²) in [5.74, 6) is 0. The van der Waals surface area contributed by atoms with E-state index >= 15 is 0 Å². The third-order valence-corrected chi connectivity index (χ3v) is 1.57. The van der Waals surface area contributed by atoms with Crippen LogP contribution in [-0.2, 0) is 11.1 Å². The predicted octanol–water partition coefficient (Wildman–Crippen LogP) is -1.36. The molecule has 1 heterocycles. The smallest absolute Gasteiger partial charge is 0.173 e. The molecule has 5 heteroatoms. The van der Waals surface area contributed by atoms with Crippen LogP contribution in [-0.4, -0.2) is 20.7 Å². The first-order valence-corrected chi connectivity index (χ1v) is 3.06. The van der Waals surface area contributed by atoms with Crippen molar-refractivity contribution < 1.29 is 8.76 Å². The third kappa shape index (κ3) is 0.973. The fourth-order valence-electron chi connectivity index (χ4n) is 0.307. The summed E-state index contributed by atoms with van der Waals surface area (Å²) >= 11 is -1.70. The van der Waals surface area contributed by atoms with E-state index in [0.29, 0.717) is 6.54 Å². The lowest BCUT2D eigenvalue weighted by Crippen LogP contribution is -2.60. The van der Waals surface area contributed by atoms with Crippen LogP contribution in [0.1, 0.15) is 0 Å². The molecule has 0 aromatic rings. The molecule has 1 rings (SSSR count). The summed E-state index contributed by atoms with van der Waals surface area (Å²) in [6.45, 7) is 0.586. The Morgan fingerprint density at radius 1 is 1.86 bits per heavy atom. The Kier molecular flexibility index (Phi) is 1.38. The van der Waals surface area contributed by atoms with Crippen molar-refractivity contribution in [2.75, 3.05) is 6.54 Å². The number of hydrogen-bond acceptors (Lipinski definition) is 3. The maximum Gasteiger partial charge on any atom is 0.173 e. The zero-order valence-corrected chi connectivity index (χ0v) is 4.36. The maximum absolute atomic E-state index is 9.99. The number of rotatable bonds is 1. The van der Waals surface area contributed by atoms with Crippen molar-refractivity contribution in [2.24, 2.45) is 0 Å². The lowest BCUT2D eigenvalue weighted by molar-refractivity contribution is 0.364. The fourth-order valence-corrected chi connectivity index (χ4v) is 0.717. The molecule has 42 valence electrons. The van der Waals surface area contributed by atoms with E-state index in [9.17, 15) is 4.21 Å². The highest BCUT2D eigenvalue weighted by Crippen LogP contribution is 1.90. The van der Waals surface area contributed by atoms with Crippen LogP contribution < -0.4 is 10.9 Å². The van der Waals surface area contributed by atoms with Gasteiger partial charge in [-0.1, -0.05) is 0 Å². The van der Waals surface area contributed by atoms with Crippen molar-refractivity contribution >= 4 is 11.1 Å². The van der Waals surface area contributed by atoms with Gasteiger partial charge in [0.1, 0.15) is 5.37 Å². The van der Waals surface area contributed by atoms with Gasteiger partial charge in [-0.3, -0.25) is 5.43 Å². The summed E-state index contributed by atoms with van der Waals surface area (Å²) in [6.07, 6.45) is 0. The average Bonchev–Trinajstić information content (AvgIpc) is 1.23. The van der Waals surface area contributed by atoms with E-state index in [4.69, 9.17) is 4.55 Å². The molecule has 1 fully saturated rings. The van der Waals surface area contributed by atoms with Gasteiger partial charge in [0.2, 0.25) is 0 Å². The Labute approximate surface area is 43.5 Å². The molecule has 0 bridgehead atoms. The Bertz CT molecular complexity index is 91.7. The summed E-state index contributed by atoms with van der Waals surface area (Å²) in [4.78, 5) is 0. The predicted molar refractivity (Wildman–Crippen MR) is 25.7 cm³/mol. The van der Waals surface area contributed by atoms with E-state index in [0.717, 1.165) is 0 Å². The van der Waals surface area contributed by atoms with E-state index in [-0.39, 0.29) is 5.37 Å². The van der Waals surface area contributed by atoms with Gasteiger partial charge in [0, 0.05) is 6.54 Å². The van der Waals surface area contributed by atoms with Crippen LogP contribution in [0.25, 0.3) is 0 Å². The molecule has 2 atom stereocenters. The van der Waals surface area contributed by atoms with Crippen LogP contribution in [0.3, 0.4) is 0 Å². The normalized spacial score (nSPS) is 34.1. The first-order valence-electron chi connectivity index (χ1n) is 1.89. The molecule has 0 spiro atoms. The van der Waals surface area contributed by atoms with Crippen molar-refractivity contribution in [1.82, 2.24) is 10.9 Å². The van der Waals surface area contributed by atoms with Crippen molar-refractivity contribution in [3.05, 3.63) is 0 Å². The van der Waals surface area contributed by atoms with Crippen LogP contribution in [0.5, 0.6) is 0 Å². The fraction of sp³-hybridized carbons (Fsp3) is 1.00. The zero-order chi connectivity index (χ0) is 5.28. The standard InChI is InChI=1S/C2H6N2O2S/c5-7(6)2-1-3-4-2/h2-4H,1H2,(H,5,6). The molecular weight excluding hydrogens is 116 g/mol. The van der Waals surface area contributed by atoms with Gasteiger partial charge < -0.3 is 4.55 Å². The highest BCUT2D eigenvalue weighted by Gasteiger charge is 2.20. The molecule has 0 aromatic carbocycles. The molecule has 0 saturated carbocycles. The van der Waals surface area contributed by atoms with Gasteiger partial charge in [-0.05, 0) is 0 Å². The van der Waals surface area contributed by atoms with Gasteiger partial charge in [-0.2, -0.15) is 0 Å². The minimum atomic E-state index is -1.70. The number of nitrogens with one attached hydrogen (secondary N) is 2. The van der Waals surface area contributed by atoms with E-state index < -0.39 is 11.1 Å². The second-order valence-electron chi connectivity index (χ2n) is 1.29. The first-order chi connectivity index (χ1) is 3.30. The molecular formula is C2H6N2O2S. The topological polar surface area (TPSA) is 61.4 Å². The number of hydrogen-bond donors (Lipinski definition) is 3. The molecule has 3 N–H and O–H groups in total. The molecule has 1 saturated heterocycles. The van der Waals surface area contributed by atoms with Crippen LogP contribution in [0.4, 0.5) is 0 Å².